The van der Waals surface area contributed by atoms with E-state index >= 15 is 0 Å². The SMILES string of the molecule is O=C1Cc2c(O)cc(O)cc2OC1c1ccc(O)c(O)c1. The van der Waals surface area contributed by atoms with Crippen LogP contribution in [0.3, 0.4) is 0 Å². The number of hydrogen-bond acceptors (Lipinski definition) is 6. The average molecular weight is 288 g/mol. The number of phenolic OH excluding ortho intramolecular Hbond substituents is 4. The molecule has 0 saturated heterocycles. The maximum absolute atomic E-state index is 12.1. The van der Waals surface area contributed by atoms with Crippen molar-refractivity contribution in [1.82, 2.24) is 0 Å². The first-order valence-corrected chi connectivity index (χ1v) is 6.22. The van der Waals surface area contributed by atoms with Crippen molar-refractivity contribution in [3.63, 3.8) is 0 Å². The summed E-state index contributed by atoms with van der Waals surface area (Å²) >= 11 is 0. The van der Waals surface area contributed by atoms with Crippen LogP contribution in [0.1, 0.15) is 17.2 Å². The molecule has 0 fully saturated rings. The molecule has 3 rings (SSSR count). The first-order chi connectivity index (χ1) is 9.95. The predicted octanol–water partition coefficient (Wildman–Crippen LogP) is 1.75. The Morgan fingerprint density at radius 1 is 0.952 bits per heavy atom. The summed E-state index contributed by atoms with van der Waals surface area (Å²) < 4.78 is 5.52. The van der Waals surface area contributed by atoms with Crippen LogP contribution >= 0.6 is 0 Å². The van der Waals surface area contributed by atoms with Gasteiger partial charge in [0.25, 0.3) is 0 Å². The van der Waals surface area contributed by atoms with Crippen LogP contribution < -0.4 is 4.74 Å². The molecule has 2 aromatic rings. The Balaban J connectivity index is 2.02. The number of benzene rings is 2. The second-order valence-corrected chi connectivity index (χ2v) is 4.83. The smallest absolute Gasteiger partial charge is 0.182 e. The number of ketones is 1. The highest BCUT2D eigenvalue weighted by atomic mass is 16.5. The number of rotatable bonds is 1. The largest absolute Gasteiger partial charge is 0.508 e. The standard InChI is InChI=1S/C15H12O6/c16-8-4-11(18)9-6-13(20)15(21-14(9)5-8)7-1-2-10(17)12(19)3-7/h1-5,15-19H,6H2. The van der Waals surface area contributed by atoms with Crippen molar-refractivity contribution in [3.8, 4) is 28.7 Å². The Morgan fingerprint density at radius 3 is 2.43 bits per heavy atom. The molecule has 0 radical (unpaired) electrons. The fraction of sp³-hybridized carbons (Fsp3) is 0.133. The summed E-state index contributed by atoms with van der Waals surface area (Å²) in [7, 11) is 0. The van der Waals surface area contributed by atoms with Gasteiger partial charge in [0.1, 0.15) is 17.2 Å². The predicted molar refractivity (Wildman–Crippen MR) is 71.6 cm³/mol. The first-order valence-electron chi connectivity index (χ1n) is 6.22. The van der Waals surface area contributed by atoms with Gasteiger partial charge in [-0.25, -0.2) is 0 Å². The van der Waals surface area contributed by atoms with Gasteiger partial charge in [0.15, 0.2) is 23.4 Å². The van der Waals surface area contributed by atoms with Crippen molar-refractivity contribution >= 4 is 5.78 Å². The average Bonchev–Trinajstić information content (AvgIpc) is 2.42. The minimum absolute atomic E-state index is 0.0479. The van der Waals surface area contributed by atoms with Gasteiger partial charge in [-0.15, -0.1) is 0 Å². The number of phenols is 4. The zero-order valence-corrected chi connectivity index (χ0v) is 10.8. The number of hydrogen-bond donors (Lipinski definition) is 4. The van der Waals surface area contributed by atoms with E-state index in [4.69, 9.17) is 4.74 Å². The van der Waals surface area contributed by atoms with E-state index < -0.39 is 6.10 Å². The van der Waals surface area contributed by atoms with Gasteiger partial charge in [0.2, 0.25) is 0 Å². The van der Waals surface area contributed by atoms with Crippen molar-refractivity contribution in [2.24, 2.45) is 0 Å². The van der Waals surface area contributed by atoms with E-state index in [2.05, 4.69) is 0 Å². The molecule has 2 aromatic carbocycles. The Bertz CT molecular complexity index is 737. The molecule has 0 aromatic heterocycles. The third kappa shape index (κ3) is 2.20. The third-order valence-electron chi connectivity index (χ3n) is 3.36. The van der Waals surface area contributed by atoms with Crippen molar-refractivity contribution in [2.75, 3.05) is 0 Å². The number of fused-ring (bicyclic) bond motifs is 1. The second kappa shape index (κ2) is 4.59. The number of ether oxygens (including phenoxy) is 1. The van der Waals surface area contributed by atoms with Crippen molar-refractivity contribution in [1.29, 1.82) is 0 Å². The summed E-state index contributed by atoms with van der Waals surface area (Å²) in [5, 5.41) is 38.0. The fourth-order valence-electron chi connectivity index (χ4n) is 2.32. The van der Waals surface area contributed by atoms with Crippen LogP contribution in [0.25, 0.3) is 0 Å². The molecule has 0 amide bonds. The molecule has 6 heteroatoms. The van der Waals surface area contributed by atoms with Gasteiger partial charge in [-0.3, -0.25) is 4.79 Å². The van der Waals surface area contributed by atoms with Gasteiger partial charge >= 0.3 is 0 Å². The molecule has 1 atom stereocenters. The molecular weight excluding hydrogens is 276 g/mol. The van der Waals surface area contributed by atoms with E-state index in [0.717, 1.165) is 6.07 Å². The molecule has 0 saturated carbocycles. The van der Waals surface area contributed by atoms with Crippen LogP contribution in [0, 0.1) is 0 Å². The molecule has 0 aliphatic carbocycles. The van der Waals surface area contributed by atoms with Gasteiger partial charge in [-0.05, 0) is 12.1 Å². The van der Waals surface area contributed by atoms with Crippen molar-refractivity contribution < 1.29 is 30.0 Å². The molecule has 0 bridgehead atoms. The normalized spacial score (nSPS) is 17.1. The number of Topliss-reactive ketones (excluding diaryl/α,β-unsaturated/α-hetero) is 1. The van der Waals surface area contributed by atoms with Gasteiger partial charge in [0, 0.05) is 29.7 Å². The number of carbonyl (C=O) groups is 1. The molecule has 6 nitrogen and oxygen atoms in total. The Kier molecular flexibility index (Phi) is 2.86. The summed E-state index contributed by atoms with van der Waals surface area (Å²) in [4.78, 5) is 12.1. The molecule has 1 heterocycles. The minimum Gasteiger partial charge on any atom is -0.508 e. The van der Waals surface area contributed by atoms with E-state index in [1.807, 2.05) is 0 Å². The summed E-state index contributed by atoms with van der Waals surface area (Å²) in [6, 6.07) is 6.42. The minimum atomic E-state index is -0.967. The number of aromatic hydroxyl groups is 4. The highest BCUT2D eigenvalue weighted by Crippen LogP contribution is 2.41. The highest BCUT2D eigenvalue weighted by Gasteiger charge is 2.31. The Morgan fingerprint density at radius 2 is 1.71 bits per heavy atom. The van der Waals surface area contributed by atoms with Crippen LogP contribution in [0.2, 0.25) is 0 Å². The maximum atomic E-state index is 12.1. The van der Waals surface area contributed by atoms with Crippen molar-refractivity contribution in [3.05, 3.63) is 41.5 Å². The summed E-state index contributed by atoms with van der Waals surface area (Å²) in [6.45, 7) is 0. The van der Waals surface area contributed by atoms with E-state index in [-0.39, 0.29) is 41.0 Å². The highest BCUT2D eigenvalue weighted by molar-refractivity contribution is 5.89. The second-order valence-electron chi connectivity index (χ2n) is 4.83. The van der Waals surface area contributed by atoms with Crippen LogP contribution in [-0.2, 0) is 11.2 Å². The van der Waals surface area contributed by atoms with Crippen LogP contribution in [0.5, 0.6) is 28.7 Å². The molecule has 21 heavy (non-hydrogen) atoms. The monoisotopic (exact) mass is 288 g/mol. The third-order valence-corrected chi connectivity index (χ3v) is 3.36. The number of carbonyl (C=O) groups excluding carboxylic acids is 1. The molecule has 1 aliphatic rings. The van der Waals surface area contributed by atoms with E-state index in [1.165, 1.54) is 24.3 Å². The molecule has 1 unspecified atom stereocenters. The van der Waals surface area contributed by atoms with E-state index in [1.54, 1.807) is 0 Å². The van der Waals surface area contributed by atoms with Gasteiger partial charge < -0.3 is 25.2 Å². The molecule has 1 aliphatic heterocycles. The van der Waals surface area contributed by atoms with Crippen LogP contribution in [0.15, 0.2) is 30.3 Å². The van der Waals surface area contributed by atoms with Crippen molar-refractivity contribution in [2.45, 2.75) is 12.5 Å². The quantitative estimate of drug-likeness (QED) is 0.596. The summed E-state index contributed by atoms with van der Waals surface area (Å²) in [5.74, 6) is -1.11. The summed E-state index contributed by atoms with van der Waals surface area (Å²) in [6.07, 6.45) is -1.02. The lowest BCUT2D eigenvalue weighted by Crippen LogP contribution is -2.25. The summed E-state index contributed by atoms with van der Waals surface area (Å²) in [5.41, 5.74) is 0.695. The molecular formula is C15H12O6. The Hall–Kier alpha value is -2.89. The zero-order chi connectivity index (χ0) is 15.1. The zero-order valence-electron chi connectivity index (χ0n) is 10.8. The topological polar surface area (TPSA) is 107 Å². The lowest BCUT2D eigenvalue weighted by molar-refractivity contribution is -0.126. The lowest BCUT2D eigenvalue weighted by atomic mass is 9.95. The van der Waals surface area contributed by atoms with E-state index in [9.17, 15) is 25.2 Å². The maximum Gasteiger partial charge on any atom is 0.182 e. The van der Waals surface area contributed by atoms with Crippen LogP contribution in [0.4, 0.5) is 0 Å². The van der Waals surface area contributed by atoms with Crippen LogP contribution in [-0.4, -0.2) is 26.2 Å². The molecule has 108 valence electrons. The van der Waals surface area contributed by atoms with Gasteiger partial charge in [0.05, 0.1) is 0 Å². The first kappa shape index (κ1) is 13.1. The van der Waals surface area contributed by atoms with E-state index in [0.29, 0.717) is 11.1 Å². The molecule has 4 N–H and O–H groups in total. The Labute approximate surface area is 119 Å². The van der Waals surface area contributed by atoms with Gasteiger partial charge in [-0.1, -0.05) is 6.07 Å². The molecule has 0 spiro atoms. The lowest BCUT2D eigenvalue weighted by Gasteiger charge is -2.26. The van der Waals surface area contributed by atoms with Gasteiger partial charge in [-0.2, -0.15) is 0 Å². The fourth-order valence-corrected chi connectivity index (χ4v) is 2.32.